The number of carbonyl (C=O) groups is 3. The van der Waals surface area contributed by atoms with Crippen LogP contribution in [-0.4, -0.2) is 66.6 Å². The lowest BCUT2D eigenvalue weighted by atomic mass is 9.75. The number of nitrogens with zero attached hydrogens (tertiary/aromatic N) is 1. The third-order valence-electron chi connectivity index (χ3n) is 8.73. The Morgan fingerprint density at radius 1 is 1.18 bits per heavy atom. The number of hydrogen-bond acceptors (Lipinski definition) is 7. The molecular weight excluding hydrogens is 509 g/mol. The fourth-order valence-electron chi connectivity index (χ4n) is 6.33. The van der Waals surface area contributed by atoms with E-state index in [9.17, 15) is 29.1 Å². The molecule has 39 heavy (non-hydrogen) atoms. The molecule has 0 spiro atoms. The number of ether oxygens (including phenoxy) is 2. The number of halogens is 1. The first-order valence-electron chi connectivity index (χ1n) is 13.5. The molecule has 0 saturated heterocycles. The van der Waals surface area contributed by atoms with Crippen molar-refractivity contribution >= 4 is 17.8 Å². The fourth-order valence-corrected chi connectivity index (χ4v) is 6.33. The van der Waals surface area contributed by atoms with Crippen LogP contribution in [0.5, 0.6) is 11.5 Å². The van der Waals surface area contributed by atoms with E-state index >= 15 is 0 Å². The molecule has 1 aromatic rings. The lowest BCUT2D eigenvalue weighted by Gasteiger charge is -2.34. The highest BCUT2D eigenvalue weighted by atomic mass is 19.1. The van der Waals surface area contributed by atoms with Crippen LogP contribution in [0, 0.1) is 34.5 Å². The van der Waals surface area contributed by atoms with E-state index in [1.54, 1.807) is 6.92 Å². The Hall–Kier alpha value is -3.39. The second-order valence-electron chi connectivity index (χ2n) is 11.2. The number of amides is 2. The number of nitriles is 1. The molecule has 2 amide bonds. The molecule has 0 aliphatic heterocycles. The molecule has 5 atom stereocenters. The molecule has 0 aromatic heterocycles. The summed E-state index contributed by atoms with van der Waals surface area (Å²) in [6, 6.07) is 4.54. The first-order valence-corrected chi connectivity index (χ1v) is 13.5. The number of rotatable bonds is 10. The summed E-state index contributed by atoms with van der Waals surface area (Å²) in [7, 11) is 1.39. The van der Waals surface area contributed by atoms with Crippen molar-refractivity contribution in [3.8, 4) is 17.6 Å². The maximum Gasteiger partial charge on any atom is 0.309 e. The van der Waals surface area contributed by atoms with Crippen molar-refractivity contribution in [1.82, 2.24) is 10.6 Å². The van der Waals surface area contributed by atoms with Gasteiger partial charge >= 0.3 is 5.97 Å². The Morgan fingerprint density at radius 2 is 1.87 bits per heavy atom. The number of carboxylic acids is 1. The zero-order valence-corrected chi connectivity index (χ0v) is 22.2. The lowest BCUT2D eigenvalue weighted by Crippen LogP contribution is -2.50. The van der Waals surface area contributed by atoms with Crippen LogP contribution in [0.1, 0.15) is 67.8 Å². The number of nitrogens with one attached hydrogen (secondary N) is 2. The van der Waals surface area contributed by atoms with Gasteiger partial charge < -0.3 is 30.3 Å². The van der Waals surface area contributed by atoms with Gasteiger partial charge in [0.1, 0.15) is 23.7 Å². The van der Waals surface area contributed by atoms with Gasteiger partial charge in [-0.3, -0.25) is 14.4 Å². The number of aliphatic hydroxyl groups excluding tert-OH is 1. The van der Waals surface area contributed by atoms with Crippen LogP contribution in [-0.2, 0) is 9.59 Å². The van der Waals surface area contributed by atoms with Gasteiger partial charge in [0.05, 0.1) is 48.8 Å². The molecule has 0 heterocycles. The molecule has 3 aliphatic rings. The summed E-state index contributed by atoms with van der Waals surface area (Å²) in [5, 5.41) is 33.7. The van der Waals surface area contributed by atoms with E-state index < -0.39 is 42.0 Å². The SMILES string of the molecule is COc1cc(C#N)c(O[C@H]2CC[C@@](C)(C(=O)O)CC2)cc1C(=O)N[C@@H]1[C@H]2CC[C@H](C2)[C@@H]1C(=O)NC[C@H](F)CO. The van der Waals surface area contributed by atoms with Gasteiger partial charge in [0.2, 0.25) is 5.91 Å². The van der Waals surface area contributed by atoms with Crippen molar-refractivity contribution in [3.63, 3.8) is 0 Å². The second kappa shape index (κ2) is 11.8. The predicted molar refractivity (Wildman–Crippen MR) is 137 cm³/mol. The molecule has 3 aliphatic carbocycles. The first-order chi connectivity index (χ1) is 18.6. The number of benzene rings is 1. The normalized spacial score (nSPS) is 30.2. The summed E-state index contributed by atoms with van der Waals surface area (Å²) in [5.74, 6) is -1.57. The quantitative estimate of drug-likeness (QED) is 0.349. The summed E-state index contributed by atoms with van der Waals surface area (Å²) < 4.78 is 25.0. The number of hydrogen-bond donors (Lipinski definition) is 4. The number of alkyl halides is 1. The van der Waals surface area contributed by atoms with E-state index in [2.05, 4.69) is 16.7 Å². The number of aliphatic hydroxyl groups is 1. The maximum absolute atomic E-state index is 13.5. The molecule has 4 rings (SSSR count). The number of fused-ring (bicyclic) bond motifs is 2. The highest BCUT2D eigenvalue weighted by molar-refractivity contribution is 5.98. The van der Waals surface area contributed by atoms with E-state index in [0.29, 0.717) is 25.7 Å². The Bertz CT molecular complexity index is 1140. The molecule has 0 unspecified atom stereocenters. The van der Waals surface area contributed by atoms with Gasteiger partial charge in [-0.2, -0.15) is 5.26 Å². The largest absolute Gasteiger partial charge is 0.496 e. The zero-order valence-electron chi connectivity index (χ0n) is 22.2. The van der Waals surface area contributed by atoms with Gasteiger partial charge in [0.25, 0.3) is 5.91 Å². The van der Waals surface area contributed by atoms with Crippen molar-refractivity contribution in [2.24, 2.45) is 23.2 Å². The van der Waals surface area contributed by atoms with Gasteiger partial charge in [0.15, 0.2) is 0 Å². The average Bonchev–Trinajstić information content (AvgIpc) is 3.54. The Morgan fingerprint density at radius 3 is 2.49 bits per heavy atom. The highest BCUT2D eigenvalue weighted by Gasteiger charge is 2.51. The third-order valence-corrected chi connectivity index (χ3v) is 8.73. The molecule has 2 bridgehead atoms. The van der Waals surface area contributed by atoms with Crippen molar-refractivity contribution in [2.45, 2.75) is 70.2 Å². The predicted octanol–water partition coefficient (Wildman–Crippen LogP) is 2.57. The monoisotopic (exact) mass is 545 g/mol. The summed E-state index contributed by atoms with van der Waals surface area (Å²) in [6.07, 6.45) is 2.54. The Kier molecular flexibility index (Phi) is 8.64. The van der Waals surface area contributed by atoms with E-state index in [1.165, 1.54) is 19.2 Å². The van der Waals surface area contributed by atoms with Crippen molar-refractivity contribution in [1.29, 1.82) is 5.26 Å². The topological polar surface area (TPSA) is 158 Å². The summed E-state index contributed by atoms with van der Waals surface area (Å²) >= 11 is 0. The molecule has 3 saturated carbocycles. The van der Waals surface area contributed by atoms with Crippen LogP contribution < -0.4 is 20.1 Å². The van der Waals surface area contributed by atoms with Gasteiger partial charge in [-0.25, -0.2) is 4.39 Å². The Balaban J connectivity index is 1.51. The highest BCUT2D eigenvalue weighted by Crippen LogP contribution is 2.49. The molecule has 1 aromatic carbocycles. The maximum atomic E-state index is 13.5. The van der Waals surface area contributed by atoms with Crippen molar-refractivity contribution in [3.05, 3.63) is 23.3 Å². The standard InChI is InChI=1S/C28H36FN3O7/c1-28(27(36)37)7-5-19(6-8-28)39-21-11-20(22(38-2)10-17(21)12-30)25(34)32-24-16-4-3-15(9-16)23(24)26(35)31-13-18(29)14-33/h10-11,15-16,18-19,23-24,33H,3-9,13-14H2,1-2H3,(H,31,35)(H,32,34)(H,36,37)/t15-,16+,18+,19-,23+,24-,28+/m1/s1. The number of carbonyl (C=O) groups excluding carboxylic acids is 2. The summed E-state index contributed by atoms with van der Waals surface area (Å²) in [5.41, 5.74) is -0.462. The number of aliphatic carboxylic acids is 1. The molecule has 3 fully saturated rings. The van der Waals surface area contributed by atoms with Gasteiger partial charge in [0, 0.05) is 12.1 Å². The molecule has 212 valence electrons. The second-order valence-corrected chi connectivity index (χ2v) is 11.2. The number of carboxylic acid groups (broad SMARTS) is 1. The average molecular weight is 546 g/mol. The van der Waals surface area contributed by atoms with Gasteiger partial charge in [-0.05, 0) is 69.8 Å². The van der Waals surface area contributed by atoms with Gasteiger partial charge in [-0.15, -0.1) is 0 Å². The minimum absolute atomic E-state index is 0.0806. The minimum Gasteiger partial charge on any atom is -0.496 e. The molecule has 4 N–H and O–H groups in total. The minimum atomic E-state index is -1.55. The Labute approximate surface area is 226 Å². The van der Waals surface area contributed by atoms with E-state index in [0.717, 1.165) is 19.3 Å². The molecular formula is C28H36FN3O7. The van der Waals surface area contributed by atoms with E-state index in [-0.39, 0.29) is 53.0 Å². The van der Waals surface area contributed by atoms with Crippen LogP contribution in [0.3, 0.4) is 0 Å². The molecule has 0 radical (unpaired) electrons. The zero-order chi connectivity index (χ0) is 28.3. The summed E-state index contributed by atoms with van der Waals surface area (Å²) in [6.45, 7) is 0.744. The van der Waals surface area contributed by atoms with Crippen LogP contribution in [0.4, 0.5) is 4.39 Å². The smallest absolute Gasteiger partial charge is 0.309 e. The lowest BCUT2D eigenvalue weighted by molar-refractivity contribution is -0.150. The van der Waals surface area contributed by atoms with Crippen LogP contribution in [0.25, 0.3) is 0 Å². The van der Waals surface area contributed by atoms with Gasteiger partial charge in [-0.1, -0.05) is 0 Å². The number of methoxy groups -OCH3 is 1. The van der Waals surface area contributed by atoms with E-state index in [4.69, 9.17) is 14.6 Å². The summed E-state index contributed by atoms with van der Waals surface area (Å²) in [4.78, 5) is 38.0. The van der Waals surface area contributed by atoms with Crippen molar-refractivity contribution in [2.75, 3.05) is 20.3 Å². The fraction of sp³-hybridized carbons (Fsp3) is 0.643. The first kappa shape index (κ1) is 28.6. The molecule has 10 nitrogen and oxygen atoms in total. The van der Waals surface area contributed by atoms with Crippen LogP contribution in [0.15, 0.2) is 12.1 Å². The third kappa shape index (κ3) is 5.96. The molecule has 11 heteroatoms. The van der Waals surface area contributed by atoms with Crippen LogP contribution in [0.2, 0.25) is 0 Å². The van der Waals surface area contributed by atoms with E-state index in [1.807, 2.05) is 0 Å². The van der Waals surface area contributed by atoms with Crippen molar-refractivity contribution < 1.29 is 38.5 Å². The van der Waals surface area contributed by atoms with Crippen LogP contribution >= 0.6 is 0 Å².